The normalized spacial score (nSPS) is 21.9. The largest absolute Gasteiger partial charge is 0.377 e. The number of anilines is 2. The van der Waals surface area contributed by atoms with Crippen LogP contribution in [0.4, 0.5) is 11.6 Å². The summed E-state index contributed by atoms with van der Waals surface area (Å²) in [6, 6.07) is 6.30. The third-order valence-corrected chi connectivity index (χ3v) is 8.39. The Morgan fingerprint density at radius 1 is 1.00 bits per heavy atom. The second kappa shape index (κ2) is 11.0. The molecule has 3 aliphatic heterocycles. The van der Waals surface area contributed by atoms with Crippen LogP contribution in [-0.2, 0) is 16.0 Å². The van der Waals surface area contributed by atoms with E-state index in [1.807, 2.05) is 4.90 Å². The van der Waals surface area contributed by atoms with Gasteiger partial charge in [-0.25, -0.2) is 0 Å². The number of amides is 1. The molecule has 0 spiro atoms. The van der Waals surface area contributed by atoms with E-state index in [-0.39, 0.29) is 5.91 Å². The Morgan fingerprint density at radius 3 is 2.24 bits per heavy atom. The van der Waals surface area contributed by atoms with Crippen molar-refractivity contribution in [1.82, 2.24) is 20.0 Å². The van der Waals surface area contributed by atoms with Crippen molar-refractivity contribution in [3.05, 3.63) is 34.0 Å². The van der Waals surface area contributed by atoms with Crippen LogP contribution in [0.1, 0.15) is 29.7 Å². The van der Waals surface area contributed by atoms with E-state index in [2.05, 4.69) is 55.4 Å². The van der Waals surface area contributed by atoms with Crippen LogP contribution in [0.3, 0.4) is 0 Å². The van der Waals surface area contributed by atoms with Gasteiger partial charge in [0, 0.05) is 76.8 Å². The SMILES string of the molecule is Cc1ccsc1CCC(=O)N1CCN(c2ccc(N3CCN(CC4CCCO4)CC3)nn2)CC1. The number of rotatable bonds is 7. The number of hydrogen-bond acceptors (Lipinski definition) is 8. The van der Waals surface area contributed by atoms with E-state index in [0.717, 1.165) is 83.6 Å². The van der Waals surface area contributed by atoms with Crippen LogP contribution in [0.5, 0.6) is 0 Å². The zero-order valence-corrected chi connectivity index (χ0v) is 21.0. The lowest BCUT2D eigenvalue weighted by Gasteiger charge is -2.37. The van der Waals surface area contributed by atoms with Gasteiger partial charge in [0.2, 0.25) is 5.91 Å². The Labute approximate surface area is 206 Å². The Bertz CT molecular complexity index is 929. The van der Waals surface area contributed by atoms with Crippen molar-refractivity contribution in [2.45, 2.75) is 38.7 Å². The average molecular weight is 485 g/mol. The van der Waals surface area contributed by atoms with Crippen molar-refractivity contribution in [1.29, 1.82) is 0 Å². The third-order valence-electron chi connectivity index (χ3n) is 7.31. The molecule has 5 rings (SSSR count). The van der Waals surface area contributed by atoms with Gasteiger partial charge in [-0.2, -0.15) is 0 Å². The van der Waals surface area contributed by atoms with E-state index < -0.39 is 0 Å². The standard InChI is InChI=1S/C25H36N6O2S/c1-20-8-18-34-22(20)4-7-25(32)31-15-13-30(14-16-31)24-6-5-23(26-27-24)29-11-9-28(10-12-29)19-21-3-2-17-33-21/h5-6,8,18,21H,2-4,7,9-17,19H2,1H3. The van der Waals surface area contributed by atoms with Gasteiger partial charge in [0.1, 0.15) is 0 Å². The summed E-state index contributed by atoms with van der Waals surface area (Å²) in [5, 5.41) is 11.2. The Morgan fingerprint density at radius 2 is 1.68 bits per heavy atom. The second-order valence-electron chi connectivity index (χ2n) is 9.57. The summed E-state index contributed by atoms with van der Waals surface area (Å²) in [7, 11) is 0. The number of thiophene rings is 1. The van der Waals surface area contributed by atoms with Crippen LogP contribution in [0.15, 0.2) is 23.6 Å². The first-order valence-corrected chi connectivity index (χ1v) is 13.5. The molecule has 0 aliphatic carbocycles. The Hall–Kier alpha value is -2.23. The second-order valence-corrected chi connectivity index (χ2v) is 10.6. The lowest BCUT2D eigenvalue weighted by molar-refractivity contribution is -0.131. The molecule has 1 amide bonds. The van der Waals surface area contributed by atoms with Crippen molar-refractivity contribution in [2.75, 3.05) is 75.3 Å². The van der Waals surface area contributed by atoms with Crippen molar-refractivity contribution < 1.29 is 9.53 Å². The zero-order valence-electron chi connectivity index (χ0n) is 20.2. The first kappa shape index (κ1) is 23.5. The van der Waals surface area contributed by atoms with Crippen molar-refractivity contribution in [2.24, 2.45) is 0 Å². The molecular formula is C25H36N6O2S. The summed E-state index contributed by atoms with van der Waals surface area (Å²) >= 11 is 1.75. The summed E-state index contributed by atoms with van der Waals surface area (Å²) in [6.07, 6.45) is 4.26. The topological polar surface area (TPSA) is 65.0 Å². The summed E-state index contributed by atoms with van der Waals surface area (Å²) in [4.78, 5) is 23.1. The van der Waals surface area contributed by atoms with Gasteiger partial charge in [0.05, 0.1) is 6.10 Å². The fourth-order valence-corrected chi connectivity index (χ4v) is 6.03. The number of carbonyl (C=O) groups excluding carboxylic acids is 1. The molecule has 1 unspecified atom stereocenters. The molecule has 3 fully saturated rings. The van der Waals surface area contributed by atoms with Gasteiger partial charge in [0.15, 0.2) is 11.6 Å². The summed E-state index contributed by atoms with van der Waals surface area (Å²) < 4.78 is 5.79. The number of aromatic nitrogens is 2. The minimum Gasteiger partial charge on any atom is -0.377 e. The first-order chi connectivity index (χ1) is 16.7. The number of carbonyl (C=O) groups is 1. The molecule has 0 bridgehead atoms. The smallest absolute Gasteiger partial charge is 0.223 e. The van der Waals surface area contributed by atoms with Crippen molar-refractivity contribution >= 4 is 28.9 Å². The Kier molecular flexibility index (Phi) is 7.61. The molecule has 2 aromatic heterocycles. The number of ether oxygens (including phenoxy) is 1. The lowest BCUT2D eigenvalue weighted by Crippen LogP contribution is -2.49. The maximum Gasteiger partial charge on any atom is 0.223 e. The van der Waals surface area contributed by atoms with Crippen LogP contribution in [0.2, 0.25) is 0 Å². The van der Waals surface area contributed by atoms with Crippen LogP contribution in [0, 0.1) is 6.92 Å². The van der Waals surface area contributed by atoms with E-state index in [9.17, 15) is 4.79 Å². The highest BCUT2D eigenvalue weighted by atomic mass is 32.1. The molecule has 0 N–H and O–H groups in total. The summed E-state index contributed by atoms with van der Waals surface area (Å²) in [5.74, 6) is 2.12. The van der Waals surface area contributed by atoms with Gasteiger partial charge in [-0.3, -0.25) is 9.69 Å². The number of nitrogens with zero attached hydrogens (tertiary/aromatic N) is 6. The monoisotopic (exact) mass is 484 g/mol. The molecule has 0 aromatic carbocycles. The van der Waals surface area contributed by atoms with Crippen LogP contribution < -0.4 is 9.80 Å². The maximum absolute atomic E-state index is 12.7. The summed E-state index contributed by atoms with van der Waals surface area (Å²) in [6.45, 7) is 11.3. The minimum absolute atomic E-state index is 0.257. The first-order valence-electron chi connectivity index (χ1n) is 12.6. The third kappa shape index (κ3) is 5.70. The molecule has 3 saturated heterocycles. The van der Waals surface area contributed by atoms with Gasteiger partial charge in [0.25, 0.3) is 0 Å². The lowest BCUT2D eigenvalue weighted by atomic mass is 10.2. The fraction of sp³-hybridized carbons (Fsp3) is 0.640. The van der Waals surface area contributed by atoms with Crippen molar-refractivity contribution in [3.8, 4) is 0 Å². The maximum atomic E-state index is 12.7. The fourth-order valence-electron chi connectivity index (χ4n) is 5.12. The van der Waals surface area contributed by atoms with Crippen LogP contribution >= 0.6 is 11.3 Å². The van der Waals surface area contributed by atoms with Gasteiger partial charge in [-0.15, -0.1) is 21.5 Å². The van der Waals surface area contributed by atoms with Crippen molar-refractivity contribution in [3.63, 3.8) is 0 Å². The van der Waals surface area contributed by atoms with E-state index in [0.29, 0.717) is 12.5 Å². The van der Waals surface area contributed by atoms with E-state index >= 15 is 0 Å². The molecule has 1 atom stereocenters. The highest BCUT2D eigenvalue weighted by Crippen LogP contribution is 2.21. The molecule has 0 saturated carbocycles. The molecule has 184 valence electrons. The summed E-state index contributed by atoms with van der Waals surface area (Å²) in [5.41, 5.74) is 1.30. The molecule has 3 aliphatic rings. The highest BCUT2D eigenvalue weighted by Gasteiger charge is 2.25. The van der Waals surface area contributed by atoms with E-state index in [4.69, 9.17) is 4.74 Å². The minimum atomic E-state index is 0.257. The van der Waals surface area contributed by atoms with Crippen LogP contribution in [-0.4, -0.2) is 97.5 Å². The number of piperazine rings is 2. The highest BCUT2D eigenvalue weighted by molar-refractivity contribution is 7.10. The molecule has 5 heterocycles. The number of hydrogen-bond donors (Lipinski definition) is 0. The molecule has 0 radical (unpaired) electrons. The Balaban J connectivity index is 1.06. The molecule has 9 heteroatoms. The van der Waals surface area contributed by atoms with Gasteiger partial charge in [-0.05, 0) is 55.3 Å². The molecule has 8 nitrogen and oxygen atoms in total. The van der Waals surface area contributed by atoms with Gasteiger partial charge < -0.3 is 19.4 Å². The zero-order chi connectivity index (χ0) is 23.3. The van der Waals surface area contributed by atoms with Crippen LogP contribution in [0.25, 0.3) is 0 Å². The molecule has 2 aromatic rings. The molecule has 34 heavy (non-hydrogen) atoms. The van der Waals surface area contributed by atoms with Gasteiger partial charge in [-0.1, -0.05) is 0 Å². The van der Waals surface area contributed by atoms with E-state index in [1.165, 1.54) is 23.3 Å². The molecular weight excluding hydrogens is 448 g/mol. The quantitative estimate of drug-likeness (QED) is 0.598. The predicted molar refractivity (Wildman–Crippen MR) is 136 cm³/mol. The van der Waals surface area contributed by atoms with Gasteiger partial charge >= 0.3 is 0 Å². The predicted octanol–water partition coefficient (Wildman–Crippen LogP) is 2.43. The number of aryl methyl sites for hydroxylation is 2. The average Bonchev–Trinajstić information content (AvgIpc) is 3.55. The van der Waals surface area contributed by atoms with E-state index in [1.54, 1.807) is 11.3 Å².